The number of ketones is 1. The van der Waals surface area contributed by atoms with Crippen molar-refractivity contribution in [3.05, 3.63) is 32.4 Å². The first kappa shape index (κ1) is 14.4. The molecule has 90 valence electrons. The van der Waals surface area contributed by atoms with Gasteiger partial charge in [-0.3, -0.25) is 4.79 Å². The van der Waals surface area contributed by atoms with Crippen LogP contribution in [0.5, 0.6) is 0 Å². The zero-order valence-corrected chi connectivity index (χ0v) is 11.9. The second-order valence-corrected chi connectivity index (χ2v) is 4.77. The van der Waals surface area contributed by atoms with Crippen LogP contribution in [0.15, 0.2) is 12.1 Å². The molecule has 1 aromatic rings. The number of hydrogen-bond acceptors (Lipinski definition) is 2. The van der Waals surface area contributed by atoms with E-state index in [4.69, 9.17) is 5.26 Å². The lowest BCUT2D eigenvalue weighted by molar-refractivity contribution is -0.138. The van der Waals surface area contributed by atoms with Crippen LogP contribution < -0.4 is 0 Å². The summed E-state index contributed by atoms with van der Waals surface area (Å²) >= 11 is 4.36. The number of carbonyl (C=O) groups excluding carboxylic acids is 1. The molecule has 0 aliphatic carbocycles. The van der Waals surface area contributed by atoms with Gasteiger partial charge in [0.15, 0.2) is 5.78 Å². The minimum absolute atomic E-state index is 0.0492. The smallest absolute Gasteiger partial charge is 0.293 e. The average Bonchev–Trinajstić information content (AvgIpc) is 2.25. The van der Waals surface area contributed by atoms with E-state index in [9.17, 15) is 18.0 Å². The molecule has 0 saturated carbocycles. The Morgan fingerprint density at radius 3 is 2.47 bits per heavy atom. The number of hydrogen-bond donors (Lipinski definition) is 0. The van der Waals surface area contributed by atoms with Gasteiger partial charge in [-0.05, 0) is 34.7 Å². The molecule has 0 aliphatic rings. The fourth-order valence-corrected chi connectivity index (χ4v) is 2.26. The van der Waals surface area contributed by atoms with Crippen molar-refractivity contribution in [3.8, 4) is 6.07 Å². The second-order valence-electron chi connectivity index (χ2n) is 3.04. The van der Waals surface area contributed by atoms with Gasteiger partial charge in [-0.2, -0.15) is 18.4 Å². The molecular weight excluding hydrogens is 414 g/mol. The monoisotopic (exact) mass is 417 g/mol. The third-order valence-corrected chi connectivity index (χ3v) is 3.36. The van der Waals surface area contributed by atoms with Gasteiger partial charge < -0.3 is 0 Å². The van der Waals surface area contributed by atoms with Gasteiger partial charge in [0.2, 0.25) is 0 Å². The molecule has 2 nitrogen and oxygen atoms in total. The van der Waals surface area contributed by atoms with Gasteiger partial charge in [-0.15, -0.1) is 0 Å². The molecule has 0 amide bonds. The minimum atomic E-state index is -4.54. The van der Waals surface area contributed by atoms with Crippen LogP contribution in [-0.4, -0.2) is 11.1 Å². The van der Waals surface area contributed by atoms with E-state index in [1.807, 2.05) is 0 Å². The third kappa shape index (κ3) is 3.19. The normalized spacial score (nSPS) is 11.1. The fraction of sp³-hybridized carbons (Fsp3) is 0.200. The number of nitriles is 1. The summed E-state index contributed by atoms with van der Waals surface area (Å²) in [5.41, 5.74) is -1.16. The fourth-order valence-electron chi connectivity index (χ4n) is 1.19. The molecule has 0 aromatic heterocycles. The first-order valence-electron chi connectivity index (χ1n) is 4.21. The third-order valence-electron chi connectivity index (χ3n) is 1.95. The van der Waals surface area contributed by atoms with Gasteiger partial charge in [0.05, 0.1) is 22.5 Å². The van der Waals surface area contributed by atoms with Crippen LogP contribution in [0.1, 0.15) is 21.5 Å². The van der Waals surface area contributed by atoms with E-state index in [0.29, 0.717) is 0 Å². The summed E-state index contributed by atoms with van der Waals surface area (Å²) in [4.78, 5) is 11.4. The van der Waals surface area contributed by atoms with Gasteiger partial charge in [-0.25, -0.2) is 0 Å². The Morgan fingerprint density at radius 2 is 2.06 bits per heavy atom. The summed E-state index contributed by atoms with van der Waals surface area (Å²) < 4.78 is 37.8. The molecule has 0 spiro atoms. The van der Waals surface area contributed by atoms with Crippen molar-refractivity contribution in [1.29, 1.82) is 5.26 Å². The highest BCUT2D eigenvalue weighted by atomic mass is 127. The standard InChI is InChI=1S/C10H4BrF3INO/c11-3-9(17)6-2-7(10(12,13)14)8(15)1-5(6)4-16/h1-2H,3H2. The first-order chi connectivity index (χ1) is 7.81. The quantitative estimate of drug-likeness (QED) is 0.417. The van der Waals surface area contributed by atoms with Gasteiger partial charge in [0.1, 0.15) is 0 Å². The van der Waals surface area contributed by atoms with Crippen molar-refractivity contribution in [2.24, 2.45) is 0 Å². The molecule has 17 heavy (non-hydrogen) atoms. The largest absolute Gasteiger partial charge is 0.417 e. The van der Waals surface area contributed by atoms with Gasteiger partial charge in [-0.1, -0.05) is 15.9 Å². The molecule has 0 unspecified atom stereocenters. The lowest BCUT2D eigenvalue weighted by Crippen LogP contribution is -2.12. The van der Waals surface area contributed by atoms with E-state index < -0.39 is 17.5 Å². The molecule has 1 aromatic carbocycles. The molecule has 0 aliphatic heterocycles. The number of alkyl halides is 4. The van der Waals surface area contributed by atoms with Crippen LogP contribution in [0.3, 0.4) is 0 Å². The molecule has 0 radical (unpaired) electrons. The van der Waals surface area contributed by atoms with Gasteiger partial charge in [0.25, 0.3) is 0 Å². The lowest BCUT2D eigenvalue weighted by atomic mass is 10.0. The Balaban J connectivity index is 3.50. The topological polar surface area (TPSA) is 40.9 Å². The summed E-state index contributed by atoms with van der Waals surface area (Å²) in [7, 11) is 0. The molecule has 0 bridgehead atoms. The van der Waals surface area contributed by atoms with E-state index in [1.165, 1.54) is 22.6 Å². The number of Topliss-reactive ketones (excluding diaryl/α,β-unsaturated/α-hetero) is 1. The summed E-state index contributed by atoms with van der Waals surface area (Å²) in [6.07, 6.45) is -4.54. The zero-order valence-electron chi connectivity index (χ0n) is 8.11. The Hall–Kier alpha value is -0.620. The lowest BCUT2D eigenvalue weighted by Gasteiger charge is -2.11. The number of benzene rings is 1. The van der Waals surface area contributed by atoms with E-state index in [-0.39, 0.29) is 20.0 Å². The second kappa shape index (κ2) is 5.35. The van der Waals surface area contributed by atoms with Crippen LogP contribution in [0.4, 0.5) is 13.2 Å². The van der Waals surface area contributed by atoms with Crippen molar-refractivity contribution < 1.29 is 18.0 Å². The number of halogens is 5. The van der Waals surface area contributed by atoms with Crippen molar-refractivity contribution in [2.45, 2.75) is 6.18 Å². The first-order valence-corrected chi connectivity index (χ1v) is 6.41. The molecule has 7 heteroatoms. The van der Waals surface area contributed by atoms with Crippen LogP contribution >= 0.6 is 38.5 Å². The van der Waals surface area contributed by atoms with E-state index in [2.05, 4.69) is 15.9 Å². The Kier molecular flexibility index (Phi) is 4.55. The maximum absolute atomic E-state index is 12.6. The van der Waals surface area contributed by atoms with Crippen molar-refractivity contribution in [3.63, 3.8) is 0 Å². The summed E-state index contributed by atoms with van der Waals surface area (Å²) in [6.45, 7) is 0. The molecule has 0 fully saturated rings. The maximum Gasteiger partial charge on any atom is 0.417 e. The highest BCUT2D eigenvalue weighted by molar-refractivity contribution is 14.1. The summed E-state index contributed by atoms with van der Waals surface area (Å²) in [5.74, 6) is -0.552. The van der Waals surface area contributed by atoms with Gasteiger partial charge in [0, 0.05) is 9.13 Å². The maximum atomic E-state index is 12.6. The zero-order chi connectivity index (χ0) is 13.2. The molecule has 0 saturated heterocycles. The predicted octanol–water partition coefficient (Wildman–Crippen LogP) is 3.76. The van der Waals surface area contributed by atoms with E-state index in [0.717, 1.165) is 12.1 Å². The van der Waals surface area contributed by atoms with Crippen LogP contribution in [-0.2, 0) is 6.18 Å². The molecule has 0 atom stereocenters. The Morgan fingerprint density at radius 1 is 1.47 bits per heavy atom. The average molecular weight is 418 g/mol. The van der Waals surface area contributed by atoms with E-state index in [1.54, 1.807) is 6.07 Å². The van der Waals surface area contributed by atoms with Crippen molar-refractivity contribution in [2.75, 3.05) is 5.33 Å². The minimum Gasteiger partial charge on any atom is -0.293 e. The molecular formula is C10H4BrF3INO. The Labute approximate surface area is 117 Å². The highest BCUT2D eigenvalue weighted by Crippen LogP contribution is 2.34. The molecule has 0 N–H and O–H groups in total. The summed E-state index contributed by atoms with van der Waals surface area (Å²) in [6, 6.07) is 3.51. The van der Waals surface area contributed by atoms with E-state index >= 15 is 0 Å². The van der Waals surface area contributed by atoms with Crippen molar-refractivity contribution >= 4 is 44.3 Å². The predicted molar refractivity (Wildman–Crippen MR) is 67.0 cm³/mol. The number of rotatable bonds is 2. The van der Waals surface area contributed by atoms with Crippen LogP contribution in [0.2, 0.25) is 0 Å². The van der Waals surface area contributed by atoms with Crippen molar-refractivity contribution in [1.82, 2.24) is 0 Å². The molecule has 1 rings (SSSR count). The number of nitrogens with zero attached hydrogens (tertiary/aromatic N) is 1. The van der Waals surface area contributed by atoms with Crippen LogP contribution in [0.25, 0.3) is 0 Å². The SMILES string of the molecule is N#Cc1cc(I)c(C(F)(F)F)cc1C(=O)CBr. The highest BCUT2D eigenvalue weighted by Gasteiger charge is 2.34. The molecule has 0 heterocycles. The van der Waals surface area contributed by atoms with Crippen LogP contribution in [0, 0.1) is 14.9 Å². The summed E-state index contributed by atoms with van der Waals surface area (Å²) in [5, 5.41) is 8.65. The number of carbonyl (C=O) groups is 1. The Bertz CT molecular complexity index is 507. The van der Waals surface area contributed by atoms with Gasteiger partial charge >= 0.3 is 6.18 Å².